The predicted octanol–water partition coefficient (Wildman–Crippen LogP) is 7.73. The topological polar surface area (TPSA) is 9.23 Å². The molecule has 30 heavy (non-hydrogen) atoms. The summed E-state index contributed by atoms with van der Waals surface area (Å²) in [5.74, 6) is -2.05. The quantitative estimate of drug-likeness (QED) is 0.234. The lowest BCUT2D eigenvalue weighted by atomic mass is 9.93. The summed E-state index contributed by atoms with van der Waals surface area (Å²) < 4.78 is 56.8. The Hall–Kier alpha value is -2.08. The maximum Gasteiger partial charge on any atom is 0.305 e. The minimum atomic E-state index is -2.16. The average molecular weight is 437 g/mol. The Morgan fingerprint density at radius 2 is 1.67 bits per heavy atom. The van der Waals surface area contributed by atoms with E-state index in [2.05, 4.69) is 11.7 Å². The van der Waals surface area contributed by atoms with Crippen LogP contribution >= 0.6 is 0 Å². The Kier molecular flexibility index (Phi) is 8.13. The molecular weight excluding hydrogens is 408 g/mol. The fourth-order valence-electron chi connectivity index (χ4n) is 4.39. The SMILES string of the molecule is CCC[SiH]1CCC(CCc2ccc(-c3cc(F)c(OC=C(F)F)c(F)c3)cc2)CC1. The van der Waals surface area contributed by atoms with Crippen molar-refractivity contribution in [2.24, 2.45) is 5.92 Å². The highest BCUT2D eigenvalue weighted by Crippen LogP contribution is 2.32. The van der Waals surface area contributed by atoms with E-state index in [1.165, 1.54) is 49.4 Å². The number of hydrogen-bond donors (Lipinski definition) is 0. The molecule has 0 spiro atoms. The molecule has 1 fully saturated rings. The number of hydrogen-bond acceptors (Lipinski definition) is 1. The number of aryl methyl sites for hydroxylation is 1. The van der Waals surface area contributed by atoms with E-state index < -0.39 is 32.3 Å². The van der Waals surface area contributed by atoms with Gasteiger partial charge in [-0.1, -0.05) is 68.6 Å². The molecule has 1 saturated heterocycles. The maximum absolute atomic E-state index is 14.1. The maximum atomic E-state index is 14.1. The van der Waals surface area contributed by atoms with Gasteiger partial charge in [0.1, 0.15) is 0 Å². The third-order valence-corrected chi connectivity index (χ3v) is 9.75. The van der Waals surface area contributed by atoms with Crippen LogP contribution in [0.1, 0.15) is 38.2 Å². The van der Waals surface area contributed by atoms with Crippen molar-refractivity contribution >= 4 is 8.80 Å². The third-order valence-electron chi connectivity index (χ3n) is 6.06. The summed E-state index contributed by atoms with van der Waals surface area (Å²) in [5.41, 5.74) is 2.23. The molecular formula is C24H28F4OSi. The van der Waals surface area contributed by atoms with Gasteiger partial charge in [0.05, 0.1) is 0 Å². The Morgan fingerprint density at radius 1 is 1.03 bits per heavy atom. The molecule has 2 aromatic carbocycles. The molecule has 1 aliphatic heterocycles. The lowest BCUT2D eigenvalue weighted by Crippen LogP contribution is -2.21. The van der Waals surface area contributed by atoms with Crippen molar-refractivity contribution < 1.29 is 22.3 Å². The lowest BCUT2D eigenvalue weighted by molar-refractivity contribution is 0.344. The second-order valence-corrected chi connectivity index (χ2v) is 11.7. The van der Waals surface area contributed by atoms with Crippen LogP contribution in [0.2, 0.25) is 18.1 Å². The summed E-state index contributed by atoms with van der Waals surface area (Å²) in [6.07, 6.45) is 4.17. The van der Waals surface area contributed by atoms with Gasteiger partial charge in [-0.2, -0.15) is 8.78 Å². The highest BCUT2D eigenvalue weighted by molar-refractivity contribution is 6.58. The van der Waals surface area contributed by atoms with Gasteiger partial charge in [-0.05, 0) is 47.6 Å². The van der Waals surface area contributed by atoms with Crippen LogP contribution in [-0.4, -0.2) is 8.80 Å². The number of ether oxygens (including phenoxy) is 1. The first-order chi connectivity index (χ1) is 14.5. The van der Waals surface area contributed by atoms with Gasteiger partial charge >= 0.3 is 6.08 Å². The molecule has 0 radical (unpaired) electrons. The second-order valence-electron chi connectivity index (χ2n) is 8.21. The van der Waals surface area contributed by atoms with Crippen LogP contribution < -0.4 is 4.74 Å². The third kappa shape index (κ3) is 6.21. The fourth-order valence-corrected chi connectivity index (χ4v) is 7.96. The van der Waals surface area contributed by atoms with Gasteiger partial charge in [-0.15, -0.1) is 0 Å². The van der Waals surface area contributed by atoms with E-state index in [-0.39, 0.29) is 6.26 Å². The molecule has 0 atom stereocenters. The van der Waals surface area contributed by atoms with Crippen LogP contribution in [0.4, 0.5) is 17.6 Å². The van der Waals surface area contributed by atoms with Gasteiger partial charge in [0.2, 0.25) is 0 Å². The van der Waals surface area contributed by atoms with E-state index >= 15 is 0 Å². The van der Waals surface area contributed by atoms with Crippen molar-refractivity contribution in [3.8, 4) is 16.9 Å². The largest absolute Gasteiger partial charge is 0.453 e. The molecule has 0 saturated carbocycles. The van der Waals surface area contributed by atoms with Gasteiger partial charge in [-0.3, -0.25) is 0 Å². The van der Waals surface area contributed by atoms with Gasteiger partial charge in [-0.25, -0.2) is 8.78 Å². The predicted molar refractivity (Wildman–Crippen MR) is 116 cm³/mol. The Labute approximate surface area is 177 Å². The molecule has 0 aliphatic carbocycles. The standard InChI is InChI=1S/C24H28F4OSi/c1-2-11-30-12-9-18(10-13-30)4-3-17-5-7-19(8-6-17)20-14-21(25)24(22(26)15-20)29-16-23(27)28/h5-8,14-16,18,30H,2-4,9-13H2,1H3. The molecule has 0 bridgehead atoms. The minimum absolute atomic E-state index is 0.0222. The van der Waals surface area contributed by atoms with Crippen molar-refractivity contribution in [1.82, 2.24) is 0 Å². The van der Waals surface area contributed by atoms with Crippen LogP contribution in [0.15, 0.2) is 48.7 Å². The Bertz CT molecular complexity index is 831. The van der Waals surface area contributed by atoms with Crippen molar-refractivity contribution in [2.75, 3.05) is 0 Å². The van der Waals surface area contributed by atoms with Crippen LogP contribution in [0.3, 0.4) is 0 Å². The van der Waals surface area contributed by atoms with E-state index in [0.29, 0.717) is 11.1 Å². The van der Waals surface area contributed by atoms with E-state index in [0.717, 1.165) is 24.5 Å². The van der Waals surface area contributed by atoms with Gasteiger partial charge in [0, 0.05) is 8.80 Å². The molecule has 0 N–H and O–H groups in total. The zero-order valence-electron chi connectivity index (χ0n) is 17.3. The summed E-state index contributed by atoms with van der Waals surface area (Å²) in [5, 5.41) is 0. The Morgan fingerprint density at radius 3 is 2.23 bits per heavy atom. The smallest absolute Gasteiger partial charge is 0.305 e. The van der Waals surface area contributed by atoms with E-state index in [1.807, 2.05) is 24.3 Å². The van der Waals surface area contributed by atoms with Crippen LogP contribution in [0, 0.1) is 17.6 Å². The summed E-state index contributed by atoms with van der Waals surface area (Å²) in [6.45, 7) is 2.29. The summed E-state index contributed by atoms with van der Waals surface area (Å²) >= 11 is 0. The minimum Gasteiger partial charge on any atom is -0.453 e. The lowest BCUT2D eigenvalue weighted by Gasteiger charge is -2.27. The average Bonchev–Trinajstić information content (AvgIpc) is 2.73. The molecule has 0 unspecified atom stereocenters. The highest BCUT2D eigenvalue weighted by atomic mass is 28.3. The second kappa shape index (κ2) is 10.8. The molecule has 6 heteroatoms. The molecule has 3 rings (SSSR count). The van der Waals surface area contributed by atoms with Gasteiger partial charge < -0.3 is 4.74 Å². The molecule has 162 valence electrons. The van der Waals surface area contributed by atoms with Gasteiger partial charge in [0.15, 0.2) is 23.6 Å². The first-order valence-corrected chi connectivity index (χ1v) is 13.2. The van der Waals surface area contributed by atoms with E-state index in [9.17, 15) is 17.6 Å². The molecule has 1 aliphatic rings. The number of halogens is 4. The number of rotatable bonds is 8. The Balaban J connectivity index is 1.58. The van der Waals surface area contributed by atoms with Crippen molar-refractivity contribution in [3.63, 3.8) is 0 Å². The van der Waals surface area contributed by atoms with Crippen LogP contribution in [-0.2, 0) is 6.42 Å². The summed E-state index contributed by atoms with van der Waals surface area (Å²) in [6, 6.07) is 14.3. The first-order valence-electron chi connectivity index (χ1n) is 10.7. The molecule has 1 nitrogen and oxygen atoms in total. The monoisotopic (exact) mass is 436 g/mol. The van der Waals surface area contributed by atoms with Crippen molar-refractivity contribution in [1.29, 1.82) is 0 Å². The molecule has 0 amide bonds. The fraction of sp³-hybridized carbons (Fsp3) is 0.417. The van der Waals surface area contributed by atoms with E-state index in [4.69, 9.17) is 0 Å². The first kappa shape index (κ1) is 22.6. The molecule has 2 aromatic rings. The zero-order chi connectivity index (χ0) is 21.5. The molecule has 1 heterocycles. The molecule has 0 aromatic heterocycles. The highest BCUT2D eigenvalue weighted by Gasteiger charge is 2.21. The summed E-state index contributed by atoms with van der Waals surface area (Å²) in [4.78, 5) is 0. The number of benzene rings is 2. The van der Waals surface area contributed by atoms with Crippen molar-refractivity contribution in [2.45, 2.75) is 57.2 Å². The van der Waals surface area contributed by atoms with Crippen molar-refractivity contribution in [3.05, 3.63) is 65.9 Å². The van der Waals surface area contributed by atoms with Crippen LogP contribution in [0.25, 0.3) is 11.1 Å². The normalized spacial score (nSPS) is 18.8. The van der Waals surface area contributed by atoms with Gasteiger partial charge in [0.25, 0.3) is 0 Å². The summed E-state index contributed by atoms with van der Waals surface area (Å²) in [7, 11) is -0.438. The van der Waals surface area contributed by atoms with E-state index in [1.54, 1.807) is 0 Å². The van der Waals surface area contributed by atoms with Crippen LogP contribution in [0.5, 0.6) is 5.75 Å². The zero-order valence-corrected chi connectivity index (χ0v) is 18.4.